The van der Waals surface area contributed by atoms with E-state index in [0.717, 1.165) is 15.6 Å². The fourth-order valence-electron chi connectivity index (χ4n) is 1.99. The van der Waals surface area contributed by atoms with Gasteiger partial charge in [0.05, 0.1) is 16.4 Å². The first-order valence-electron chi connectivity index (χ1n) is 5.71. The summed E-state index contributed by atoms with van der Waals surface area (Å²) in [5.74, 6) is -0.101. The van der Waals surface area contributed by atoms with Crippen LogP contribution in [-0.4, -0.2) is 50.7 Å². The van der Waals surface area contributed by atoms with Crippen LogP contribution in [0.15, 0.2) is 16.3 Å². The highest BCUT2D eigenvalue weighted by Crippen LogP contribution is 2.28. The quantitative estimate of drug-likeness (QED) is 0.775. The summed E-state index contributed by atoms with van der Waals surface area (Å²) in [4.78, 5) is 0.661. The van der Waals surface area contributed by atoms with Crippen molar-refractivity contribution in [3.8, 4) is 0 Å². The van der Waals surface area contributed by atoms with E-state index >= 15 is 0 Å². The molecule has 1 unspecified atom stereocenters. The molecule has 0 radical (unpaired) electrons. The molecular formula is C10H14N2O4S4. The van der Waals surface area contributed by atoms with Crippen molar-refractivity contribution >= 4 is 48.4 Å². The van der Waals surface area contributed by atoms with E-state index in [2.05, 4.69) is 0 Å². The van der Waals surface area contributed by atoms with Crippen molar-refractivity contribution in [3.63, 3.8) is 0 Å². The van der Waals surface area contributed by atoms with Crippen LogP contribution < -0.4 is 5.73 Å². The van der Waals surface area contributed by atoms with Gasteiger partial charge in [0.2, 0.25) is 0 Å². The molecule has 2 rings (SSSR count). The number of rotatable bonds is 4. The zero-order chi connectivity index (χ0) is 15.1. The molecule has 0 bridgehead atoms. The second-order valence-corrected chi connectivity index (χ2v) is 10.5. The highest BCUT2D eigenvalue weighted by atomic mass is 32.2. The molecule has 1 aromatic rings. The highest BCUT2D eigenvalue weighted by molar-refractivity contribution is 7.92. The number of thiocarbonyl (C=S) groups is 1. The molecule has 0 amide bonds. The summed E-state index contributed by atoms with van der Waals surface area (Å²) in [6, 6.07) is 2.48. The van der Waals surface area contributed by atoms with Crippen LogP contribution in [-0.2, 0) is 19.9 Å². The van der Waals surface area contributed by atoms with E-state index in [4.69, 9.17) is 18.0 Å². The fraction of sp³-hybridized carbons (Fsp3) is 0.500. The first-order chi connectivity index (χ1) is 9.13. The molecule has 0 spiro atoms. The Balaban J connectivity index is 2.28. The summed E-state index contributed by atoms with van der Waals surface area (Å²) in [7, 11) is -5.44. The maximum atomic E-state index is 12.4. The van der Waals surface area contributed by atoms with E-state index in [1.807, 2.05) is 0 Å². The zero-order valence-corrected chi connectivity index (χ0v) is 13.9. The van der Waals surface area contributed by atoms with Crippen molar-refractivity contribution in [3.05, 3.63) is 17.0 Å². The van der Waals surface area contributed by atoms with E-state index in [1.165, 1.54) is 13.1 Å². The van der Waals surface area contributed by atoms with Crippen molar-refractivity contribution in [1.82, 2.24) is 4.31 Å². The van der Waals surface area contributed by atoms with Crippen LogP contribution in [0.5, 0.6) is 0 Å². The van der Waals surface area contributed by atoms with Crippen molar-refractivity contribution in [2.45, 2.75) is 16.7 Å². The van der Waals surface area contributed by atoms with Gasteiger partial charge in [-0.2, -0.15) is 4.31 Å². The van der Waals surface area contributed by atoms with Gasteiger partial charge in [0, 0.05) is 13.1 Å². The Morgan fingerprint density at radius 2 is 2.15 bits per heavy atom. The third kappa shape index (κ3) is 3.03. The van der Waals surface area contributed by atoms with Crippen LogP contribution in [0.25, 0.3) is 0 Å². The van der Waals surface area contributed by atoms with E-state index in [9.17, 15) is 16.8 Å². The molecule has 0 aromatic carbocycles. The SMILES string of the molecule is CN(C1CCS(=O)(=O)C1)S(=O)(=O)c1ccc(C(N)=S)s1. The summed E-state index contributed by atoms with van der Waals surface area (Å²) >= 11 is 5.79. The van der Waals surface area contributed by atoms with E-state index < -0.39 is 25.9 Å². The molecular weight excluding hydrogens is 340 g/mol. The standard InChI is InChI=1S/C10H14N2O4S4/c1-12(7-4-5-19(13,14)6-7)20(15,16)9-3-2-8(18-9)10(11)17/h2-3,7H,4-6H2,1H3,(H2,11,17). The monoisotopic (exact) mass is 354 g/mol. The van der Waals surface area contributed by atoms with Gasteiger partial charge in [-0.05, 0) is 18.6 Å². The lowest BCUT2D eigenvalue weighted by Crippen LogP contribution is -2.37. The number of hydrogen-bond donors (Lipinski definition) is 1. The predicted molar refractivity (Wildman–Crippen MR) is 82.2 cm³/mol. The molecule has 2 heterocycles. The molecule has 1 fully saturated rings. The van der Waals surface area contributed by atoms with Crippen LogP contribution in [0.3, 0.4) is 0 Å². The lowest BCUT2D eigenvalue weighted by Gasteiger charge is -2.21. The van der Waals surface area contributed by atoms with Crippen molar-refractivity contribution in [1.29, 1.82) is 0 Å². The molecule has 1 aliphatic rings. The van der Waals surface area contributed by atoms with Gasteiger partial charge < -0.3 is 5.73 Å². The van der Waals surface area contributed by atoms with E-state index in [-0.39, 0.29) is 20.7 Å². The predicted octanol–water partition coefficient (Wildman–Crippen LogP) is 0.190. The van der Waals surface area contributed by atoms with Crippen LogP contribution in [0.4, 0.5) is 0 Å². The maximum Gasteiger partial charge on any atom is 0.252 e. The number of nitrogens with zero attached hydrogens (tertiary/aromatic N) is 1. The maximum absolute atomic E-state index is 12.4. The largest absolute Gasteiger partial charge is 0.389 e. The smallest absolute Gasteiger partial charge is 0.252 e. The lowest BCUT2D eigenvalue weighted by atomic mass is 10.3. The average molecular weight is 355 g/mol. The average Bonchev–Trinajstić information content (AvgIpc) is 2.94. The van der Waals surface area contributed by atoms with Crippen molar-refractivity contribution < 1.29 is 16.8 Å². The Labute approximate surface area is 127 Å². The van der Waals surface area contributed by atoms with Gasteiger partial charge in [0.25, 0.3) is 10.0 Å². The minimum atomic E-state index is -3.71. The highest BCUT2D eigenvalue weighted by Gasteiger charge is 2.37. The normalized spacial score (nSPS) is 22.2. The number of sulfonamides is 1. The van der Waals surface area contributed by atoms with Gasteiger partial charge in [-0.15, -0.1) is 11.3 Å². The molecule has 1 aliphatic heterocycles. The van der Waals surface area contributed by atoms with Gasteiger partial charge in [-0.25, -0.2) is 16.8 Å². The van der Waals surface area contributed by atoms with Gasteiger partial charge in [-0.3, -0.25) is 0 Å². The van der Waals surface area contributed by atoms with Crippen LogP contribution in [0, 0.1) is 0 Å². The second-order valence-electron chi connectivity index (χ2n) is 4.56. The molecule has 1 saturated heterocycles. The third-order valence-electron chi connectivity index (χ3n) is 3.18. The van der Waals surface area contributed by atoms with E-state index in [0.29, 0.717) is 11.3 Å². The topological polar surface area (TPSA) is 97.5 Å². The molecule has 1 aromatic heterocycles. The summed E-state index contributed by atoms with van der Waals surface area (Å²) < 4.78 is 49.0. The van der Waals surface area contributed by atoms with Gasteiger partial charge >= 0.3 is 0 Å². The Bertz CT molecular complexity index is 735. The Kier molecular flexibility index (Phi) is 4.22. The minimum absolute atomic E-state index is 0.0279. The Morgan fingerprint density at radius 1 is 1.50 bits per heavy atom. The summed E-state index contributed by atoms with van der Waals surface area (Å²) in [6.45, 7) is 0. The van der Waals surface area contributed by atoms with Crippen molar-refractivity contribution in [2.24, 2.45) is 5.73 Å². The third-order valence-corrected chi connectivity index (χ3v) is 8.78. The molecule has 10 heteroatoms. The van der Waals surface area contributed by atoms with E-state index in [1.54, 1.807) is 6.07 Å². The second kappa shape index (κ2) is 5.34. The van der Waals surface area contributed by atoms with Crippen LogP contribution in [0.2, 0.25) is 0 Å². The Morgan fingerprint density at radius 3 is 2.60 bits per heavy atom. The number of thiophene rings is 1. The van der Waals surface area contributed by atoms with Crippen molar-refractivity contribution in [2.75, 3.05) is 18.6 Å². The van der Waals surface area contributed by atoms with Gasteiger partial charge in [0.15, 0.2) is 9.84 Å². The van der Waals surface area contributed by atoms with Gasteiger partial charge in [0.1, 0.15) is 9.20 Å². The molecule has 20 heavy (non-hydrogen) atoms. The molecule has 0 aliphatic carbocycles. The Hall–Kier alpha value is -0.550. The van der Waals surface area contributed by atoms with Gasteiger partial charge in [-0.1, -0.05) is 12.2 Å². The van der Waals surface area contributed by atoms with Crippen LogP contribution >= 0.6 is 23.6 Å². The number of hydrogen-bond acceptors (Lipinski definition) is 6. The summed E-state index contributed by atoms with van der Waals surface area (Å²) in [5, 5.41) is 0. The molecule has 0 saturated carbocycles. The molecule has 6 nitrogen and oxygen atoms in total. The first-order valence-corrected chi connectivity index (χ1v) is 10.2. The number of nitrogens with two attached hydrogens (primary N) is 1. The molecule has 112 valence electrons. The lowest BCUT2D eigenvalue weighted by molar-refractivity contribution is 0.395. The first kappa shape index (κ1) is 15.8. The summed E-state index contributed by atoms with van der Waals surface area (Å²) in [6.07, 6.45) is 0.325. The fourth-order valence-corrected chi connectivity index (χ4v) is 6.78. The molecule has 1 atom stereocenters. The number of sulfone groups is 1. The zero-order valence-electron chi connectivity index (χ0n) is 10.6. The van der Waals surface area contributed by atoms with Crippen LogP contribution in [0.1, 0.15) is 11.3 Å². The summed E-state index contributed by atoms with van der Waals surface area (Å²) in [5.41, 5.74) is 5.46. The molecule has 2 N–H and O–H groups in total. The minimum Gasteiger partial charge on any atom is -0.389 e.